The number of aliphatic hydroxyl groups is 2. The van der Waals surface area contributed by atoms with Crippen molar-refractivity contribution in [2.75, 3.05) is 6.61 Å². The molecule has 5 atom stereocenters. The first kappa shape index (κ1) is 18.2. The topological polar surface area (TPSA) is 134 Å². The van der Waals surface area contributed by atoms with Crippen molar-refractivity contribution in [3.8, 4) is 0 Å². The lowest BCUT2D eigenvalue weighted by Gasteiger charge is -2.40. The molecule has 0 aliphatic carbocycles. The Morgan fingerprint density at radius 2 is 2.08 bits per heavy atom. The zero-order chi connectivity index (χ0) is 17.5. The molecule has 0 spiro atoms. The smallest absolute Gasteiger partial charge is 0.302 e. The van der Waals surface area contributed by atoms with E-state index in [9.17, 15) is 15.0 Å². The summed E-state index contributed by atoms with van der Waals surface area (Å²) in [6.45, 7) is 1.12. The fraction of sp³-hybridized carbons (Fsp3) is 0.533. The highest BCUT2D eigenvalue weighted by molar-refractivity contribution is 5.65. The van der Waals surface area contributed by atoms with Gasteiger partial charge in [-0.05, 0) is 11.1 Å². The van der Waals surface area contributed by atoms with E-state index in [2.05, 4.69) is 10.0 Å². The van der Waals surface area contributed by atoms with Gasteiger partial charge in [-0.3, -0.25) is 4.79 Å². The molecule has 130 valence electrons. The number of nitrogens with zero attached hydrogens (tertiary/aromatic N) is 3. The minimum Gasteiger partial charge on any atom is -0.463 e. The van der Waals surface area contributed by atoms with Crippen LogP contribution in [0.5, 0.6) is 0 Å². The molecule has 9 heteroatoms. The van der Waals surface area contributed by atoms with Crippen LogP contribution in [-0.2, 0) is 25.6 Å². The Labute approximate surface area is 138 Å². The average molecular weight is 337 g/mol. The lowest BCUT2D eigenvalue weighted by Crippen LogP contribution is -2.58. The van der Waals surface area contributed by atoms with Gasteiger partial charge < -0.3 is 24.4 Å². The van der Waals surface area contributed by atoms with Crippen LogP contribution in [0.1, 0.15) is 12.5 Å². The summed E-state index contributed by atoms with van der Waals surface area (Å²) < 4.78 is 15.7. The van der Waals surface area contributed by atoms with Crippen LogP contribution < -0.4 is 0 Å². The van der Waals surface area contributed by atoms with Crippen molar-refractivity contribution in [2.45, 2.75) is 44.2 Å². The lowest BCUT2D eigenvalue weighted by atomic mass is 9.97. The molecule has 2 unspecified atom stereocenters. The van der Waals surface area contributed by atoms with Gasteiger partial charge in [0, 0.05) is 11.8 Å². The molecule has 1 aromatic carbocycles. The molecule has 0 amide bonds. The van der Waals surface area contributed by atoms with Crippen LogP contribution in [0.4, 0.5) is 0 Å². The van der Waals surface area contributed by atoms with Gasteiger partial charge in [0.15, 0.2) is 6.29 Å². The van der Waals surface area contributed by atoms with Gasteiger partial charge in [0.2, 0.25) is 0 Å². The number of carbonyl (C=O) groups excluding carboxylic acids is 1. The van der Waals surface area contributed by atoms with Crippen LogP contribution in [0.2, 0.25) is 0 Å². The quantitative estimate of drug-likeness (QED) is 0.343. The van der Waals surface area contributed by atoms with E-state index in [1.54, 1.807) is 0 Å². The molecular formula is C15H19N3O6. The van der Waals surface area contributed by atoms with Crippen LogP contribution in [0.15, 0.2) is 35.4 Å². The average Bonchev–Trinajstić information content (AvgIpc) is 2.57. The van der Waals surface area contributed by atoms with Gasteiger partial charge in [0.05, 0.1) is 12.7 Å². The Hall–Kier alpha value is -2.16. The minimum atomic E-state index is -1.48. The van der Waals surface area contributed by atoms with Gasteiger partial charge in [-0.2, -0.15) is 0 Å². The summed E-state index contributed by atoms with van der Waals surface area (Å²) in [7, 11) is 0. The number of hydrogen-bond donors (Lipinski definition) is 2. The zero-order valence-corrected chi connectivity index (χ0v) is 13.1. The van der Waals surface area contributed by atoms with Crippen molar-refractivity contribution in [2.24, 2.45) is 5.11 Å². The summed E-state index contributed by atoms with van der Waals surface area (Å²) in [5.41, 5.74) is 9.50. The summed E-state index contributed by atoms with van der Waals surface area (Å²) in [4.78, 5) is 13.6. The minimum absolute atomic E-state index is 0.146. The van der Waals surface area contributed by atoms with E-state index < -0.39 is 36.6 Å². The zero-order valence-electron chi connectivity index (χ0n) is 13.1. The van der Waals surface area contributed by atoms with Crippen LogP contribution in [-0.4, -0.2) is 53.4 Å². The molecule has 9 nitrogen and oxygen atoms in total. The molecule has 0 radical (unpaired) electrons. The van der Waals surface area contributed by atoms with E-state index in [1.807, 2.05) is 30.3 Å². The highest BCUT2D eigenvalue weighted by Crippen LogP contribution is 2.26. The van der Waals surface area contributed by atoms with Gasteiger partial charge in [0.1, 0.15) is 24.9 Å². The molecular weight excluding hydrogens is 318 g/mol. The third-order valence-corrected chi connectivity index (χ3v) is 3.58. The number of hydrogen-bond acceptors (Lipinski definition) is 7. The van der Waals surface area contributed by atoms with Crippen LogP contribution in [0.3, 0.4) is 0 Å². The molecule has 1 aliphatic heterocycles. The standard InChI is InChI=1S/C15H19N3O6/c1-9(19)22-8-11-13(20)14(12(17-18-16)15(21)24-11)23-7-10-5-3-2-4-6-10/h2-6,11-15,20-21H,7-8H2,1H3/t11-,12?,13+,14+,15?/m1/s1. The number of ether oxygens (including phenoxy) is 3. The molecule has 2 rings (SSSR count). The lowest BCUT2D eigenvalue weighted by molar-refractivity contribution is -0.260. The number of aliphatic hydroxyl groups excluding tert-OH is 2. The van der Waals surface area contributed by atoms with Gasteiger partial charge in [-0.15, -0.1) is 0 Å². The molecule has 1 aliphatic rings. The molecule has 1 heterocycles. The third-order valence-electron chi connectivity index (χ3n) is 3.58. The summed E-state index contributed by atoms with van der Waals surface area (Å²) >= 11 is 0. The maximum atomic E-state index is 10.9. The van der Waals surface area contributed by atoms with Gasteiger partial charge >= 0.3 is 5.97 Å². The summed E-state index contributed by atoms with van der Waals surface area (Å²) in [6, 6.07) is 8.07. The SMILES string of the molecule is CC(=O)OC[C@H]1OC(O)C(N=[N+]=[N-])[C@H](OCc2ccccc2)[C@H]1O. The summed E-state index contributed by atoms with van der Waals surface area (Å²) in [6.07, 6.45) is -4.72. The second-order valence-electron chi connectivity index (χ2n) is 5.31. The molecule has 2 N–H and O–H groups in total. The van der Waals surface area contributed by atoms with Gasteiger partial charge in [-0.1, -0.05) is 35.4 Å². The van der Waals surface area contributed by atoms with Crippen molar-refractivity contribution in [1.29, 1.82) is 0 Å². The Morgan fingerprint density at radius 1 is 1.38 bits per heavy atom. The van der Waals surface area contributed by atoms with Crippen LogP contribution >= 0.6 is 0 Å². The van der Waals surface area contributed by atoms with E-state index in [4.69, 9.17) is 19.7 Å². The molecule has 24 heavy (non-hydrogen) atoms. The molecule has 1 saturated heterocycles. The highest BCUT2D eigenvalue weighted by atomic mass is 16.6. The van der Waals surface area contributed by atoms with Crippen LogP contribution in [0, 0.1) is 0 Å². The third kappa shape index (κ3) is 4.67. The number of esters is 1. The maximum absolute atomic E-state index is 10.9. The monoisotopic (exact) mass is 337 g/mol. The highest BCUT2D eigenvalue weighted by Gasteiger charge is 2.45. The molecule has 0 bridgehead atoms. The van der Waals surface area contributed by atoms with Crippen molar-refractivity contribution in [1.82, 2.24) is 0 Å². The van der Waals surface area contributed by atoms with E-state index >= 15 is 0 Å². The fourth-order valence-corrected chi connectivity index (χ4v) is 2.40. The number of carbonyl (C=O) groups is 1. The van der Waals surface area contributed by atoms with Crippen molar-refractivity contribution >= 4 is 5.97 Å². The van der Waals surface area contributed by atoms with Crippen molar-refractivity contribution < 1.29 is 29.2 Å². The summed E-state index contributed by atoms with van der Waals surface area (Å²) in [5.74, 6) is -0.542. The Morgan fingerprint density at radius 3 is 2.71 bits per heavy atom. The predicted octanol–water partition coefficient (Wildman–Crippen LogP) is 0.892. The molecule has 1 fully saturated rings. The predicted molar refractivity (Wildman–Crippen MR) is 81.5 cm³/mol. The second-order valence-corrected chi connectivity index (χ2v) is 5.31. The normalized spacial score (nSPS) is 29.5. The first-order chi connectivity index (χ1) is 11.5. The van der Waals surface area contributed by atoms with Crippen LogP contribution in [0.25, 0.3) is 10.4 Å². The molecule has 0 aromatic heterocycles. The number of benzene rings is 1. The number of azide groups is 1. The Bertz CT molecular complexity index is 592. The Kier molecular flexibility index (Phi) is 6.53. The van der Waals surface area contributed by atoms with Gasteiger partial charge in [-0.25, -0.2) is 0 Å². The number of rotatable bonds is 6. The van der Waals surface area contributed by atoms with E-state index in [0.29, 0.717) is 0 Å². The van der Waals surface area contributed by atoms with E-state index in [-0.39, 0.29) is 13.2 Å². The maximum Gasteiger partial charge on any atom is 0.302 e. The van der Waals surface area contributed by atoms with Gasteiger partial charge in [0.25, 0.3) is 0 Å². The van der Waals surface area contributed by atoms with E-state index in [0.717, 1.165) is 5.56 Å². The Balaban J connectivity index is 2.10. The largest absolute Gasteiger partial charge is 0.463 e. The van der Waals surface area contributed by atoms with Crippen molar-refractivity contribution in [3.63, 3.8) is 0 Å². The fourth-order valence-electron chi connectivity index (χ4n) is 2.40. The van der Waals surface area contributed by atoms with Crippen molar-refractivity contribution in [3.05, 3.63) is 46.3 Å². The summed E-state index contributed by atoms with van der Waals surface area (Å²) in [5, 5.41) is 23.9. The first-order valence-corrected chi connectivity index (χ1v) is 7.37. The second kappa shape index (κ2) is 8.62. The van der Waals surface area contributed by atoms with E-state index in [1.165, 1.54) is 6.92 Å². The first-order valence-electron chi connectivity index (χ1n) is 7.37. The molecule has 0 saturated carbocycles. The molecule has 1 aromatic rings.